The average Bonchev–Trinajstić information content (AvgIpc) is 3.71. The molecule has 0 aliphatic carbocycles. The van der Waals surface area contributed by atoms with Crippen LogP contribution in [0.5, 0.6) is 5.75 Å². The maximum atomic E-state index is 14.0. The number of hydrogen-bond donors (Lipinski definition) is 2. The summed E-state index contributed by atoms with van der Waals surface area (Å²) >= 11 is 0. The number of carbonyl (C=O) groups is 1. The third-order valence-corrected chi connectivity index (χ3v) is 10.1. The highest BCUT2D eigenvalue weighted by molar-refractivity contribution is 5.94. The molecule has 0 fully saturated rings. The Kier molecular flexibility index (Phi) is 9.51. The Labute approximate surface area is 293 Å². The van der Waals surface area contributed by atoms with Crippen LogP contribution in [-0.2, 0) is 15.6 Å². The van der Waals surface area contributed by atoms with Crippen LogP contribution in [0.15, 0.2) is 102 Å². The number of anilines is 1. The fourth-order valence-electron chi connectivity index (χ4n) is 6.02. The molecule has 0 bridgehead atoms. The largest absolute Gasteiger partial charge is 0.480 e. The van der Waals surface area contributed by atoms with Crippen LogP contribution in [0, 0.1) is 0 Å². The van der Waals surface area contributed by atoms with E-state index in [2.05, 4.69) is 74.4 Å². The summed E-state index contributed by atoms with van der Waals surface area (Å²) in [7, 11) is 0. The molecule has 1 amide bonds. The van der Waals surface area contributed by atoms with Gasteiger partial charge in [-0.2, -0.15) is 0 Å². The number of para-hydroxylation sites is 1. The summed E-state index contributed by atoms with van der Waals surface area (Å²) < 4.78 is 9.54. The van der Waals surface area contributed by atoms with Gasteiger partial charge in [0.15, 0.2) is 11.8 Å². The summed E-state index contributed by atoms with van der Waals surface area (Å²) in [5.41, 5.74) is 6.43. The molecule has 0 radical (unpaired) electrons. The molecule has 2 N–H and O–H groups in total. The normalized spacial score (nSPS) is 12.6. The molecule has 258 valence electrons. The van der Waals surface area contributed by atoms with E-state index >= 15 is 0 Å². The lowest BCUT2D eigenvalue weighted by molar-refractivity contribution is -0.122. The van der Waals surface area contributed by atoms with Crippen LogP contribution in [-0.4, -0.2) is 36.8 Å². The molecule has 1 unspecified atom stereocenters. The summed E-state index contributed by atoms with van der Waals surface area (Å²) in [6.45, 7) is 15.3. The van der Waals surface area contributed by atoms with Crippen LogP contribution in [0.25, 0.3) is 33.7 Å². The molecular weight excluding hydrogens is 624 g/mol. The molecule has 0 saturated carbocycles. The summed E-state index contributed by atoms with van der Waals surface area (Å²) in [6.07, 6.45) is 1.76. The van der Waals surface area contributed by atoms with E-state index in [1.807, 2.05) is 67.6 Å². The Bertz CT molecular complexity index is 2170. The number of nitrogens with zero attached hydrogens (tertiary/aromatic N) is 4. The quantitative estimate of drug-likeness (QED) is 0.135. The van der Waals surface area contributed by atoms with Crippen LogP contribution in [0.1, 0.15) is 78.9 Å². The Morgan fingerprint density at radius 3 is 2.22 bits per heavy atom. The minimum Gasteiger partial charge on any atom is -0.480 e. The highest BCUT2D eigenvalue weighted by Crippen LogP contribution is 2.39. The molecule has 2 aromatic heterocycles. The predicted molar refractivity (Wildman–Crippen MR) is 201 cm³/mol. The zero-order chi connectivity index (χ0) is 35.6. The third kappa shape index (κ3) is 6.60. The first-order chi connectivity index (χ1) is 24.0. The number of H-pyrrole nitrogens is 1. The summed E-state index contributed by atoms with van der Waals surface area (Å²) in [5.74, 6) is 0.503. The van der Waals surface area contributed by atoms with Gasteiger partial charge >= 0.3 is 0 Å². The number of nitrogens with one attached hydrogen (secondary N) is 2. The van der Waals surface area contributed by atoms with Gasteiger partial charge in [-0.15, -0.1) is 5.10 Å². The molecular formula is C41H46N6O3. The van der Waals surface area contributed by atoms with Crippen LogP contribution in [0.3, 0.4) is 0 Å². The van der Waals surface area contributed by atoms with E-state index < -0.39 is 6.10 Å². The van der Waals surface area contributed by atoms with Crippen molar-refractivity contribution in [2.24, 2.45) is 0 Å². The van der Waals surface area contributed by atoms with Crippen molar-refractivity contribution in [3.8, 4) is 28.4 Å². The molecule has 0 spiro atoms. The van der Waals surface area contributed by atoms with Crippen molar-refractivity contribution in [2.75, 3.05) is 5.32 Å². The number of aromatic nitrogens is 5. The highest BCUT2D eigenvalue weighted by atomic mass is 16.5. The van der Waals surface area contributed by atoms with E-state index in [4.69, 9.17) is 4.74 Å². The smallest absolute Gasteiger partial charge is 0.297 e. The number of benzene rings is 4. The van der Waals surface area contributed by atoms with Gasteiger partial charge in [0.25, 0.3) is 11.5 Å². The molecule has 50 heavy (non-hydrogen) atoms. The topological polar surface area (TPSA) is 107 Å². The second kappa shape index (κ2) is 13.8. The average molecular weight is 671 g/mol. The number of fused-ring (bicyclic) bond motifs is 1. The van der Waals surface area contributed by atoms with E-state index in [0.717, 1.165) is 35.2 Å². The van der Waals surface area contributed by atoms with E-state index in [1.165, 1.54) is 10.2 Å². The van der Waals surface area contributed by atoms with Crippen molar-refractivity contribution in [1.29, 1.82) is 0 Å². The third-order valence-electron chi connectivity index (χ3n) is 10.1. The van der Waals surface area contributed by atoms with Crippen molar-refractivity contribution < 1.29 is 9.53 Å². The van der Waals surface area contributed by atoms with Crippen molar-refractivity contribution in [2.45, 2.75) is 84.7 Å². The number of aromatic amines is 1. The Hall–Kier alpha value is -5.44. The number of hydrogen-bond acceptors (Lipinski definition) is 5. The van der Waals surface area contributed by atoms with E-state index in [9.17, 15) is 9.59 Å². The molecule has 0 aliphatic rings. The predicted octanol–water partition coefficient (Wildman–Crippen LogP) is 8.74. The molecule has 2 heterocycles. The molecule has 6 aromatic rings. The summed E-state index contributed by atoms with van der Waals surface area (Å²) in [5, 5.41) is 14.9. The Balaban J connectivity index is 1.27. The lowest BCUT2D eigenvalue weighted by Gasteiger charge is -2.31. The van der Waals surface area contributed by atoms with Crippen LogP contribution in [0.4, 0.5) is 5.69 Å². The van der Waals surface area contributed by atoms with Gasteiger partial charge in [-0.1, -0.05) is 108 Å². The number of carbonyl (C=O) groups excluding carboxylic acids is 1. The first kappa shape index (κ1) is 34.4. The Morgan fingerprint density at radius 2 is 1.54 bits per heavy atom. The van der Waals surface area contributed by atoms with E-state index in [1.54, 1.807) is 28.9 Å². The van der Waals surface area contributed by atoms with Crippen molar-refractivity contribution in [3.05, 3.63) is 119 Å². The monoisotopic (exact) mass is 670 g/mol. The van der Waals surface area contributed by atoms with Gasteiger partial charge < -0.3 is 10.1 Å². The first-order valence-electron chi connectivity index (χ1n) is 17.4. The number of rotatable bonds is 12. The van der Waals surface area contributed by atoms with Crippen LogP contribution in [0.2, 0.25) is 0 Å². The van der Waals surface area contributed by atoms with E-state index in [0.29, 0.717) is 34.7 Å². The van der Waals surface area contributed by atoms with Crippen molar-refractivity contribution >= 4 is 22.6 Å². The maximum Gasteiger partial charge on any atom is 0.297 e. The second-order valence-corrected chi connectivity index (χ2v) is 14.1. The van der Waals surface area contributed by atoms with Gasteiger partial charge in [0.1, 0.15) is 11.3 Å². The summed E-state index contributed by atoms with van der Waals surface area (Å²) in [6, 6.07) is 30.8. The van der Waals surface area contributed by atoms with Gasteiger partial charge in [-0.05, 0) is 78.1 Å². The zero-order valence-electron chi connectivity index (χ0n) is 29.9. The molecule has 6 rings (SSSR count). The lowest BCUT2D eigenvalue weighted by atomic mass is 9.76. The fraction of sp³-hybridized carbons (Fsp3) is 0.317. The van der Waals surface area contributed by atoms with Gasteiger partial charge in [-0.3, -0.25) is 14.7 Å². The second-order valence-electron chi connectivity index (χ2n) is 14.1. The minimum absolute atomic E-state index is 0.0332. The molecule has 9 nitrogen and oxygen atoms in total. The number of ether oxygens (including phenoxy) is 1. The zero-order valence-corrected chi connectivity index (χ0v) is 29.9. The molecule has 1 atom stereocenters. The van der Waals surface area contributed by atoms with Gasteiger partial charge in [-0.25, -0.2) is 9.36 Å². The highest BCUT2D eigenvalue weighted by Gasteiger charge is 2.29. The molecule has 0 saturated heterocycles. The van der Waals surface area contributed by atoms with Crippen molar-refractivity contribution in [1.82, 2.24) is 24.8 Å². The first-order valence-corrected chi connectivity index (χ1v) is 17.4. The van der Waals surface area contributed by atoms with Crippen LogP contribution >= 0.6 is 0 Å². The minimum atomic E-state index is -0.689. The van der Waals surface area contributed by atoms with Crippen molar-refractivity contribution in [3.63, 3.8) is 0 Å². The van der Waals surface area contributed by atoms with Gasteiger partial charge in [0.2, 0.25) is 0 Å². The van der Waals surface area contributed by atoms with Gasteiger partial charge in [0, 0.05) is 16.8 Å². The van der Waals surface area contributed by atoms with Crippen LogP contribution < -0.4 is 15.6 Å². The Morgan fingerprint density at radius 1 is 0.860 bits per heavy atom. The standard InChI is InChI=1S/C41H46N6O3/c1-8-34(50-35-25-20-28(40(4,5)9-2)26-31(35)41(6,7)10-3)38(48)42-29-21-23-30(24-22-29)46-39(49)37(36(44-46)27-16-12-11-13-17-27)47-33-19-15-14-18-32(33)43-45-47/h11-26,34,44H,8-10H2,1-7H3,(H,42,48). The summed E-state index contributed by atoms with van der Waals surface area (Å²) in [4.78, 5) is 27.6. The maximum absolute atomic E-state index is 14.0. The molecule has 4 aromatic carbocycles. The molecule has 9 heteroatoms. The lowest BCUT2D eigenvalue weighted by Crippen LogP contribution is -2.33. The van der Waals surface area contributed by atoms with Gasteiger partial charge in [0.05, 0.1) is 16.9 Å². The van der Waals surface area contributed by atoms with E-state index in [-0.39, 0.29) is 22.3 Å². The SMILES string of the molecule is CCC(Oc1ccc(C(C)(C)CC)cc1C(C)(C)CC)C(=O)Nc1ccc(-n2[nH]c(-c3ccccc3)c(-n3nnc4ccccc43)c2=O)cc1. The number of amides is 1. The fourth-order valence-corrected chi connectivity index (χ4v) is 6.02. The molecule has 0 aliphatic heterocycles.